The summed E-state index contributed by atoms with van der Waals surface area (Å²) < 4.78 is 1.91. The van der Waals surface area contributed by atoms with E-state index in [1.165, 1.54) is 0 Å². The van der Waals surface area contributed by atoms with Crippen molar-refractivity contribution in [2.45, 2.75) is 109 Å². The number of pyridine rings is 1. The van der Waals surface area contributed by atoms with Crippen LogP contribution in [-0.2, 0) is 16.1 Å². The number of hydrogen-bond donors (Lipinski definition) is 1. The number of carbonyl (C=O) groups is 2. The molecule has 6 heteroatoms. The fourth-order valence-corrected chi connectivity index (χ4v) is 6.76. The molecular formula is C31H46N2O4. The number of fused-ring (bicyclic) bond motifs is 4. The number of ketones is 1. The summed E-state index contributed by atoms with van der Waals surface area (Å²) in [6.07, 6.45) is 15.9. The lowest BCUT2D eigenvalue weighted by Gasteiger charge is -2.42. The van der Waals surface area contributed by atoms with Gasteiger partial charge in [0.25, 0.3) is 5.56 Å². The fourth-order valence-electron chi connectivity index (χ4n) is 6.76. The molecule has 204 valence electrons. The Morgan fingerprint density at radius 3 is 2.76 bits per heavy atom. The number of aromatic nitrogens is 1. The maximum absolute atomic E-state index is 12.9. The van der Waals surface area contributed by atoms with E-state index in [1.807, 2.05) is 27.7 Å². The van der Waals surface area contributed by atoms with Gasteiger partial charge in [-0.15, -0.1) is 0 Å². The number of rotatable bonds is 13. The Balaban J connectivity index is 1.14. The van der Waals surface area contributed by atoms with Crippen molar-refractivity contribution in [2.24, 2.45) is 17.8 Å². The second kappa shape index (κ2) is 13.5. The van der Waals surface area contributed by atoms with E-state index in [0.29, 0.717) is 24.5 Å². The molecule has 6 nitrogen and oxygen atoms in total. The number of allylic oxidation sites excluding steroid dienone is 1. The van der Waals surface area contributed by atoms with Crippen LogP contribution < -0.4 is 5.56 Å². The number of unbranched alkanes of at least 4 members (excludes halogenated alkanes) is 5. The Hall–Kier alpha value is -2.21. The average Bonchev–Trinajstić information content (AvgIpc) is 3.24. The third-order valence-corrected chi connectivity index (χ3v) is 8.83. The molecule has 1 saturated carbocycles. The van der Waals surface area contributed by atoms with Crippen molar-refractivity contribution in [2.75, 3.05) is 13.1 Å². The largest absolute Gasteiger partial charge is 0.389 e. The number of piperidine rings is 1. The van der Waals surface area contributed by atoms with E-state index in [4.69, 9.17) is 0 Å². The van der Waals surface area contributed by atoms with Gasteiger partial charge in [-0.1, -0.05) is 63.7 Å². The minimum Gasteiger partial charge on any atom is -0.389 e. The van der Waals surface area contributed by atoms with Gasteiger partial charge in [-0.3, -0.25) is 14.4 Å². The van der Waals surface area contributed by atoms with Gasteiger partial charge in [-0.25, -0.2) is 0 Å². The molecule has 1 N–H and O–H groups in total. The number of carbonyl (C=O) groups excluding carboxylic acids is 2. The van der Waals surface area contributed by atoms with Gasteiger partial charge in [0.05, 0.1) is 6.10 Å². The monoisotopic (exact) mass is 510 g/mol. The molecule has 4 rings (SSSR count). The summed E-state index contributed by atoms with van der Waals surface area (Å²) in [4.78, 5) is 39.6. The van der Waals surface area contributed by atoms with E-state index in [2.05, 4.69) is 13.0 Å². The molecule has 1 saturated heterocycles. The second-order valence-corrected chi connectivity index (χ2v) is 11.7. The topological polar surface area (TPSA) is 79.6 Å². The Bertz CT molecular complexity index is 999. The molecule has 5 atom stereocenters. The highest BCUT2D eigenvalue weighted by Gasteiger charge is 2.36. The zero-order valence-corrected chi connectivity index (χ0v) is 22.7. The van der Waals surface area contributed by atoms with Crippen LogP contribution in [0.2, 0.25) is 0 Å². The summed E-state index contributed by atoms with van der Waals surface area (Å²) in [5.41, 5.74) is 1.16. The molecule has 3 heterocycles. The number of likely N-dealkylation sites (tertiary alicyclic amines) is 1. The molecule has 2 bridgehead atoms. The van der Waals surface area contributed by atoms with Gasteiger partial charge in [0.15, 0.2) is 0 Å². The van der Waals surface area contributed by atoms with E-state index < -0.39 is 6.10 Å². The first-order chi connectivity index (χ1) is 18.0. The van der Waals surface area contributed by atoms with E-state index >= 15 is 0 Å². The van der Waals surface area contributed by atoms with Crippen LogP contribution in [0, 0.1) is 17.8 Å². The maximum Gasteiger partial charge on any atom is 0.250 e. The van der Waals surface area contributed by atoms with Crippen LogP contribution in [-0.4, -0.2) is 45.5 Å². The van der Waals surface area contributed by atoms with Crippen LogP contribution in [0.1, 0.15) is 102 Å². The lowest BCUT2D eigenvalue weighted by molar-refractivity contribution is -0.134. The number of amides is 1. The minimum atomic E-state index is -0.391. The van der Waals surface area contributed by atoms with E-state index in [9.17, 15) is 19.5 Å². The first kappa shape index (κ1) is 27.8. The highest BCUT2D eigenvalue weighted by molar-refractivity contribution is 5.83. The van der Waals surface area contributed by atoms with E-state index in [-0.39, 0.29) is 29.2 Å². The van der Waals surface area contributed by atoms with Crippen LogP contribution >= 0.6 is 0 Å². The minimum absolute atomic E-state index is 0.0774. The molecular weight excluding hydrogens is 464 g/mol. The summed E-state index contributed by atoms with van der Waals surface area (Å²) in [6.45, 7) is 4.38. The summed E-state index contributed by atoms with van der Waals surface area (Å²) in [5.74, 6) is 1.64. The van der Waals surface area contributed by atoms with Gasteiger partial charge in [-0.2, -0.15) is 0 Å². The summed E-state index contributed by atoms with van der Waals surface area (Å²) >= 11 is 0. The van der Waals surface area contributed by atoms with Gasteiger partial charge in [-0.05, 0) is 50.0 Å². The molecule has 5 unspecified atom stereocenters. The van der Waals surface area contributed by atoms with Gasteiger partial charge in [0.2, 0.25) is 5.91 Å². The molecule has 1 aliphatic carbocycles. The predicted octanol–water partition coefficient (Wildman–Crippen LogP) is 5.23. The molecule has 0 spiro atoms. The van der Waals surface area contributed by atoms with Gasteiger partial charge in [0, 0.05) is 56.1 Å². The van der Waals surface area contributed by atoms with Gasteiger partial charge < -0.3 is 14.6 Å². The highest BCUT2D eigenvalue weighted by Crippen LogP contribution is 2.36. The van der Waals surface area contributed by atoms with Crippen molar-refractivity contribution < 1.29 is 14.7 Å². The first-order valence-corrected chi connectivity index (χ1v) is 14.8. The molecule has 3 aliphatic rings. The van der Waals surface area contributed by atoms with Crippen molar-refractivity contribution in [3.8, 4) is 0 Å². The summed E-state index contributed by atoms with van der Waals surface area (Å²) in [7, 11) is 0. The molecule has 1 aromatic heterocycles. The Morgan fingerprint density at radius 1 is 1.08 bits per heavy atom. The lowest BCUT2D eigenvalue weighted by atomic mass is 9.83. The van der Waals surface area contributed by atoms with Crippen LogP contribution in [0.25, 0.3) is 0 Å². The molecule has 1 aromatic rings. The number of Topliss-reactive ketones (excluding diaryl/α,β-unsaturated/α-hetero) is 1. The molecule has 2 fully saturated rings. The third-order valence-electron chi connectivity index (χ3n) is 8.83. The summed E-state index contributed by atoms with van der Waals surface area (Å²) in [6, 6.07) is 5.51. The third kappa shape index (κ3) is 7.43. The van der Waals surface area contributed by atoms with Crippen LogP contribution in [0.15, 0.2) is 35.1 Å². The van der Waals surface area contributed by atoms with Crippen molar-refractivity contribution in [3.63, 3.8) is 0 Å². The van der Waals surface area contributed by atoms with E-state index in [1.54, 1.807) is 6.07 Å². The maximum atomic E-state index is 12.9. The number of aliphatic hydroxyl groups is 1. The fraction of sp³-hybridized carbons (Fsp3) is 0.710. The quantitative estimate of drug-likeness (QED) is 0.291. The normalized spacial score (nSPS) is 26.0. The number of aliphatic hydroxyl groups excluding tert-OH is 1. The SMILES string of the molecule is CCCCCC(O)C=CC1CCC(=O)C1CCCCCCC(=O)N1CC2CC(C1)c1cccc(=O)n1C2. The second-order valence-electron chi connectivity index (χ2n) is 11.7. The van der Waals surface area contributed by atoms with E-state index in [0.717, 1.165) is 96.0 Å². The smallest absolute Gasteiger partial charge is 0.250 e. The zero-order valence-electron chi connectivity index (χ0n) is 22.7. The van der Waals surface area contributed by atoms with Crippen LogP contribution in [0.3, 0.4) is 0 Å². The summed E-state index contributed by atoms with van der Waals surface area (Å²) in [5, 5.41) is 10.2. The number of hydrogen-bond acceptors (Lipinski definition) is 4. The molecule has 0 aromatic carbocycles. The molecule has 2 aliphatic heterocycles. The molecule has 0 radical (unpaired) electrons. The number of nitrogens with zero attached hydrogens (tertiary/aromatic N) is 2. The average molecular weight is 511 g/mol. The zero-order chi connectivity index (χ0) is 26.2. The molecule has 37 heavy (non-hydrogen) atoms. The van der Waals surface area contributed by atoms with Gasteiger partial charge >= 0.3 is 0 Å². The van der Waals surface area contributed by atoms with Crippen molar-refractivity contribution in [1.82, 2.24) is 9.47 Å². The van der Waals surface area contributed by atoms with Crippen LogP contribution in [0.5, 0.6) is 0 Å². The van der Waals surface area contributed by atoms with Crippen LogP contribution in [0.4, 0.5) is 0 Å². The first-order valence-electron chi connectivity index (χ1n) is 14.8. The van der Waals surface area contributed by atoms with Crippen molar-refractivity contribution >= 4 is 11.7 Å². The van der Waals surface area contributed by atoms with Crippen molar-refractivity contribution in [1.29, 1.82) is 0 Å². The standard InChI is InChI=1S/C31H46N2O4/c1-2-3-6-10-26(34)17-15-24-16-18-29(35)27(24)11-7-4-5-8-13-30(36)32-20-23-19-25(22-32)28-12-9-14-31(37)33(28)21-23/h9,12,14-15,17,23-27,34H,2-8,10-11,13,16,18-22H2,1H3. The molecule has 1 amide bonds. The Labute approximate surface area is 222 Å². The highest BCUT2D eigenvalue weighted by atomic mass is 16.3. The van der Waals surface area contributed by atoms with Gasteiger partial charge in [0.1, 0.15) is 5.78 Å². The van der Waals surface area contributed by atoms with Crippen molar-refractivity contribution in [3.05, 3.63) is 46.4 Å². The Morgan fingerprint density at radius 2 is 1.92 bits per heavy atom. The Kier molecular flexibility index (Phi) is 10.2. The lowest BCUT2D eigenvalue weighted by Crippen LogP contribution is -2.49. The predicted molar refractivity (Wildman–Crippen MR) is 146 cm³/mol.